The van der Waals surface area contributed by atoms with E-state index < -0.39 is 0 Å². The van der Waals surface area contributed by atoms with Crippen molar-refractivity contribution in [3.05, 3.63) is 70.0 Å². The molecule has 2 aromatic rings. The number of carbonyl (C=O) groups is 1. The van der Waals surface area contributed by atoms with E-state index in [1.165, 1.54) is 12.1 Å². The van der Waals surface area contributed by atoms with E-state index in [4.69, 9.17) is 0 Å². The van der Waals surface area contributed by atoms with Crippen LogP contribution in [0.4, 0.5) is 20.6 Å². The maximum Gasteiger partial charge on any atom is 0.317 e. The van der Waals surface area contributed by atoms with Crippen molar-refractivity contribution in [2.24, 2.45) is 0 Å². The van der Waals surface area contributed by atoms with Gasteiger partial charge in [-0.25, -0.2) is 9.18 Å². The number of nitrogens with zero attached hydrogens (tertiary/aromatic N) is 3. The molecule has 2 amide bonds. The lowest BCUT2D eigenvalue weighted by Crippen LogP contribution is -2.52. The summed E-state index contributed by atoms with van der Waals surface area (Å²) in [5.74, 6) is 1.05. The Balaban J connectivity index is 1.39. The molecule has 3 rings (SSSR count). The summed E-state index contributed by atoms with van der Waals surface area (Å²) in [7, 11) is 0. The van der Waals surface area contributed by atoms with Crippen molar-refractivity contribution in [1.82, 2.24) is 10.2 Å². The summed E-state index contributed by atoms with van der Waals surface area (Å²) in [6, 6.07) is 13.2. The van der Waals surface area contributed by atoms with E-state index in [9.17, 15) is 19.3 Å². The summed E-state index contributed by atoms with van der Waals surface area (Å²) in [6.07, 6.45) is 0. The number of hydrogen-bond donors (Lipinski definition) is 1. The molecule has 2 aromatic carbocycles. The minimum absolute atomic E-state index is 0.0808. The molecule has 1 aliphatic rings. The number of amides is 2. The summed E-state index contributed by atoms with van der Waals surface area (Å²) in [5, 5.41) is 14.1. The Kier molecular flexibility index (Phi) is 7.29. The zero-order valence-electron chi connectivity index (χ0n) is 15.9. The summed E-state index contributed by atoms with van der Waals surface area (Å²) in [4.78, 5) is 26.8. The fraction of sp³-hybridized carbons (Fsp3) is 0.350. The standard InChI is InChI=1S/C20H23FN4O3S/c21-17-6-2-1-5-16(17)15-29-14-9-22-20(26)24-12-10-23(11-13-24)18-7-3-4-8-19(18)25(27)28/h1-8H,9-15H2,(H,22,26). The number of anilines is 1. The highest BCUT2D eigenvalue weighted by Crippen LogP contribution is 2.28. The molecule has 1 saturated heterocycles. The van der Waals surface area contributed by atoms with Gasteiger partial charge in [0.05, 0.1) is 4.92 Å². The number of para-hydroxylation sites is 2. The van der Waals surface area contributed by atoms with Crippen LogP contribution in [-0.2, 0) is 5.75 Å². The predicted octanol–water partition coefficient (Wildman–Crippen LogP) is 3.50. The van der Waals surface area contributed by atoms with Gasteiger partial charge in [-0.2, -0.15) is 11.8 Å². The topological polar surface area (TPSA) is 78.7 Å². The Labute approximate surface area is 173 Å². The minimum Gasteiger partial charge on any atom is -0.362 e. The second-order valence-electron chi connectivity index (χ2n) is 6.60. The largest absolute Gasteiger partial charge is 0.362 e. The first-order valence-corrected chi connectivity index (χ1v) is 10.5. The Hall–Kier alpha value is -2.81. The molecule has 0 radical (unpaired) electrons. The van der Waals surface area contributed by atoms with Gasteiger partial charge in [-0.1, -0.05) is 30.3 Å². The molecule has 29 heavy (non-hydrogen) atoms. The predicted molar refractivity (Wildman–Crippen MR) is 113 cm³/mol. The molecule has 1 aliphatic heterocycles. The first kappa shape index (κ1) is 20.9. The first-order chi connectivity index (χ1) is 14.1. The van der Waals surface area contributed by atoms with E-state index in [2.05, 4.69) is 5.32 Å². The lowest BCUT2D eigenvalue weighted by Gasteiger charge is -2.35. The van der Waals surface area contributed by atoms with Gasteiger partial charge in [0.25, 0.3) is 5.69 Å². The molecule has 0 atom stereocenters. The Morgan fingerprint density at radius 1 is 1.10 bits per heavy atom. The summed E-state index contributed by atoms with van der Waals surface area (Å²) < 4.78 is 13.6. The minimum atomic E-state index is -0.382. The van der Waals surface area contributed by atoms with Crippen molar-refractivity contribution in [1.29, 1.82) is 0 Å². The zero-order chi connectivity index (χ0) is 20.6. The normalized spacial score (nSPS) is 14.0. The van der Waals surface area contributed by atoms with E-state index in [1.807, 2.05) is 11.0 Å². The molecule has 0 aromatic heterocycles. The van der Waals surface area contributed by atoms with E-state index in [1.54, 1.807) is 47.0 Å². The van der Waals surface area contributed by atoms with Gasteiger partial charge < -0.3 is 15.1 Å². The third-order valence-electron chi connectivity index (χ3n) is 4.72. The Morgan fingerprint density at radius 2 is 1.79 bits per heavy atom. The van der Waals surface area contributed by atoms with Gasteiger partial charge in [-0.05, 0) is 17.7 Å². The highest BCUT2D eigenvalue weighted by molar-refractivity contribution is 7.98. The van der Waals surface area contributed by atoms with Crippen LogP contribution in [0.15, 0.2) is 48.5 Å². The van der Waals surface area contributed by atoms with Crippen molar-refractivity contribution >= 4 is 29.2 Å². The van der Waals surface area contributed by atoms with Gasteiger partial charge in [0.1, 0.15) is 11.5 Å². The van der Waals surface area contributed by atoms with Crippen LogP contribution in [-0.4, -0.2) is 54.3 Å². The number of nitrogens with one attached hydrogen (secondary N) is 1. The molecule has 9 heteroatoms. The molecule has 0 aliphatic carbocycles. The number of nitro benzene ring substituents is 1. The molecule has 7 nitrogen and oxygen atoms in total. The lowest BCUT2D eigenvalue weighted by molar-refractivity contribution is -0.384. The van der Waals surface area contributed by atoms with Gasteiger partial charge in [-0.15, -0.1) is 0 Å². The van der Waals surface area contributed by atoms with Gasteiger partial charge in [0, 0.05) is 50.3 Å². The van der Waals surface area contributed by atoms with Crippen molar-refractivity contribution in [2.45, 2.75) is 5.75 Å². The third kappa shape index (κ3) is 5.60. The van der Waals surface area contributed by atoms with E-state index >= 15 is 0 Å². The molecule has 0 spiro atoms. The van der Waals surface area contributed by atoms with Crippen LogP contribution < -0.4 is 10.2 Å². The van der Waals surface area contributed by atoms with E-state index in [0.29, 0.717) is 55.5 Å². The summed E-state index contributed by atoms with van der Waals surface area (Å²) in [5.41, 5.74) is 1.33. The van der Waals surface area contributed by atoms with Crippen LogP contribution in [0, 0.1) is 15.9 Å². The molecule has 1 heterocycles. The number of halogens is 1. The SMILES string of the molecule is O=C(NCCSCc1ccccc1F)N1CCN(c2ccccc2[N+](=O)[O-])CC1. The van der Waals surface area contributed by atoms with Crippen LogP contribution in [0.5, 0.6) is 0 Å². The summed E-state index contributed by atoms with van der Waals surface area (Å²) in [6.45, 7) is 2.59. The van der Waals surface area contributed by atoms with E-state index in [-0.39, 0.29) is 22.5 Å². The van der Waals surface area contributed by atoms with Crippen LogP contribution in [0.2, 0.25) is 0 Å². The zero-order valence-corrected chi connectivity index (χ0v) is 16.7. The second-order valence-corrected chi connectivity index (χ2v) is 7.70. The molecular weight excluding hydrogens is 395 g/mol. The number of urea groups is 1. The van der Waals surface area contributed by atoms with Gasteiger partial charge >= 0.3 is 6.03 Å². The van der Waals surface area contributed by atoms with Crippen molar-refractivity contribution < 1.29 is 14.1 Å². The first-order valence-electron chi connectivity index (χ1n) is 9.38. The molecule has 0 bridgehead atoms. The van der Waals surface area contributed by atoms with Crippen molar-refractivity contribution in [3.63, 3.8) is 0 Å². The average molecular weight is 418 g/mol. The number of rotatable bonds is 7. The lowest BCUT2D eigenvalue weighted by atomic mass is 10.2. The van der Waals surface area contributed by atoms with Crippen LogP contribution in [0.25, 0.3) is 0 Å². The monoisotopic (exact) mass is 418 g/mol. The molecule has 154 valence electrons. The number of benzene rings is 2. The molecule has 1 fully saturated rings. The third-order valence-corrected chi connectivity index (χ3v) is 5.73. The maximum absolute atomic E-state index is 13.6. The quantitative estimate of drug-likeness (QED) is 0.423. The highest BCUT2D eigenvalue weighted by Gasteiger charge is 2.25. The number of thioether (sulfide) groups is 1. The van der Waals surface area contributed by atoms with Gasteiger partial charge in [0.15, 0.2) is 0 Å². The van der Waals surface area contributed by atoms with Crippen molar-refractivity contribution in [2.75, 3.05) is 43.4 Å². The summed E-state index contributed by atoms with van der Waals surface area (Å²) >= 11 is 1.57. The second kappa shape index (κ2) is 10.1. The molecular formula is C20H23FN4O3S. The number of piperazine rings is 1. The van der Waals surface area contributed by atoms with E-state index in [0.717, 1.165) is 0 Å². The van der Waals surface area contributed by atoms with Crippen LogP contribution in [0.1, 0.15) is 5.56 Å². The molecule has 0 unspecified atom stereocenters. The average Bonchev–Trinajstić information content (AvgIpc) is 2.74. The Bertz CT molecular complexity index is 859. The fourth-order valence-electron chi connectivity index (χ4n) is 3.18. The van der Waals surface area contributed by atoms with Crippen molar-refractivity contribution in [3.8, 4) is 0 Å². The number of carbonyl (C=O) groups excluding carboxylic acids is 1. The smallest absolute Gasteiger partial charge is 0.317 e. The van der Waals surface area contributed by atoms with Crippen LogP contribution in [0.3, 0.4) is 0 Å². The van der Waals surface area contributed by atoms with Gasteiger partial charge in [0.2, 0.25) is 0 Å². The maximum atomic E-state index is 13.6. The van der Waals surface area contributed by atoms with Gasteiger partial charge in [-0.3, -0.25) is 10.1 Å². The molecule has 0 saturated carbocycles. The Morgan fingerprint density at radius 3 is 2.52 bits per heavy atom. The molecule has 1 N–H and O–H groups in total. The highest BCUT2D eigenvalue weighted by atomic mass is 32.2. The van der Waals surface area contributed by atoms with Crippen LogP contribution >= 0.6 is 11.8 Å². The fourth-order valence-corrected chi connectivity index (χ4v) is 4.02. The number of nitro groups is 1. The number of hydrogen-bond acceptors (Lipinski definition) is 5.